The van der Waals surface area contributed by atoms with Gasteiger partial charge >= 0.3 is 0 Å². The molecule has 0 saturated heterocycles. The normalized spacial score (nSPS) is 20.8. The zero-order valence-corrected chi connectivity index (χ0v) is 14.1. The largest absolute Gasteiger partial charge is 0.358 e. The van der Waals surface area contributed by atoms with E-state index < -0.39 is 0 Å². The van der Waals surface area contributed by atoms with Crippen molar-refractivity contribution in [2.75, 3.05) is 0 Å². The lowest BCUT2D eigenvalue weighted by molar-refractivity contribution is -0.121. The van der Waals surface area contributed by atoms with Crippen molar-refractivity contribution in [1.82, 2.24) is 25.6 Å². The molecule has 7 heteroatoms. The van der Waals surface area contributed by atoms with Crippen molar-refractivity contribution in [3.8, 4) is 0 Å². The average molecular weight is 329 g/mol. The van der Waals surface area contributed by atoms with Crippen LogP contribution in [-0.2, 0) is 4.79 Å². The summed E-state index contributed by atoms with van der Waals surface area (Å²) >= 11 is 0. The molecule has 1 aliphatic rings. The van der Waals surface area contributed by atoms with Gasteiger partial charge in [-0.15, -0.1) is 0 Å². The maximum atomic E-state index is 12.5. The van der Waals surface area contributed by atoms with E-state index in [0.29, 0.717) is 23.3 Å². The highest BCUT2D eigenvalue weighted by Gasteiger charge is 2.24. The Morgan fingerprint density at radius 3 is 2.54 bits per heavy atom. The van der Waals surface area contributed by atoms with Crippen LogP contribution in [0.4, 0.5) is 0 Å². The van der Waals surface area contributed by atoms with E-state index in [4.69, 9.17) is 0 Å². The second-order valence-corrected chi connectivity index (χ2v) is 6.32. The topological polar surface area (TPSA) is 99.8 Å². The molecular weight excluding hydrogens is 306 g/mol. The van der Waals surface area contributed by atoms with Gasteiger partial charge in [-0.1, -0.05) is 6.92 Å². The van der Waals surface area contributed by atoms with Gasteiger partial charge in [-0.3, -0.25) is 9.59 Å². The predicted octanol–water partition coefficient (Wildman–Crippen LogP) is 1.83. The number of nitrogens with one attached hydrogen (secondary N) is 3. The Bertz CT molecular complexity index is 747. The highest BCUT2D eigenvalue weighted by atomic mass is 16.2. The first-order valence-electron chi connectivity index (χ1n) is 8.47. The number of nitrogens with zero attached hydrogens (tertiary/aromatic N) is 2. The molecule has 7 nitrogen and oxygen atoms in total. The molecule has 0 radical (unpaired) electrons. The van der Waals surface area contributed by atoms with E-state index in [1.807, 2.05) is 6.92 Å². The van der Waals surface area contributed by atoms with E-state index in [2.05, 4.69) is 25.6 Å². The molecule has 1 aliphatic carbocycles. The van der Waals surface area contributed by atoms with Gasteiger partial charge < -0.3 is 15.6 Å². The van der Waals surface area contributed by atoms with Crippen LogP contribution in [0.15, 0.2) is 12.4 Å². The number of aromatic nitrogens is 3. The molecule has 0 unspecified atom stereocenters. The van der Waals surface area contributed by atoms with Gasteiger partial charge in [0.25, 0.3) is 5.91 Å². The molecule has 2 amide bonds. The Hall–Kier alpha value is -2.44. The van der Waals surface area contributed by atoms with Crippen molar-refractivity contribution in [2.45, 2.75) is 58.0 Å². The van der Waals surface area contributed by atoms with E-state index in [1.165, 1.54) is 0 Å². The highest BCUT2D eigenvalue weighted by Crippen LogP contribution is 2.20. The first-order chi connectivity index (χ1) is 11.6. The highest BCUT2D eigenvalue weighted by molar-refractivity contribution is 6.05. The Balaban J connectivity index is 1.59. The summed E-state index contributed by atoms with van der Waals surface area (Å²) in [6.45, 7) is 3.66. The minimum absolute atomic E-state index is 0.0938. The molecule has 0 aliphatic heterocycles. The molecule has 3 rings (SSSR count). The molecule has 3 N–H and O–H groups in total. The number of fused-ring (bicyclic) bond motifs is 1. The zero-order chi connectivity index (χ0) is 17.1. The molecule has 128 valence electrons. The summed E-state index contributed by atoms with van der Waals surface area (Å²) in [4.78, 5) is 35.5. The third-order valence-corrected chi connectivity index (χ3v) is 4.53. The minimum Gasteiger partial charge on any atom is -0.358 e. The summed E-state index contributed by atoms with van der Waals surface area (Å²) in [7, 11) is 0. The molecule has 0 aromatic carbocycles. The molecule has 2 aromatic heterocycles. The number of amides is 2. The fourth-order valence-electron chi connectivity index (χ4n) is 3.15. The van der Waals surface area contributed by atoms with Gasteiger partial charge in [0.1, 0.15) is 11.3 Å². The number of aromatic amines is 1. The number of carbonyl (C=O) groups is 2. The van der Waals surface area contributed by atoms with Crippen LogP contribution in [0.3, 0.4) is 0 Å². The Morgan fingerprint density at radius 2 is 1.88 bits per heavy atom. The van der Waals surface area contributed by atoms with Crippen LogP contribution in [0.5, 0.6) is 0 Å². The van der Waals surface area contributed by atoms with Crippen molar-refractivity contribution in [1.29, 1.82) is 0 Å². The summed E-state index contributed by atoms with van der Waals surface area (Å²) in [6.07, 6.45) is 7.42. The number of hydrogen-bond acceptors (Lipinski definition) is 4. The monoisotopic (exact) mass is 329 g/mol. The van der Waals surface area contributed by atoms with Gasteiger partial charge in [0.15, 0.2) is 0 Å². The molecular formula is C17H23N5O2. The van der Waals surface area contributed by atoms with Crippen molar-refractivity contribution in [3.05, 3.63) is 23.8 Å². The lowest BCUT2D eigenvalue weighted by atomic mass is 9.91. The minimum atomic E-state index is -0.111. The van der Waals surface area contributed by atoms with Crippen LogP contribution < -0.4 is 10.6 Å². The maximum Gasteiger partial charge on any atom is 0.255 e. The van der Waals surface area contributed by atoms with Gasteiger partial charge in [0.2, 0.25) is 5.91 Å². The van der Waals surface area contributed by atoms with Crippen LogP contribution in [0.25, 0.3) is 11.0 Å². The Labute approximate surface area is 140 Å². The number of carbonyl (C=O) groups excluding carboxylic acids is 2. The van der Waals surface area contributed by atoms with Crippen LogP contribution in [0.1, 0.15) is 55.2 Å². The molecule has 24 heavy (non-hydrogen) atoms. The second kappa shape index (κ2) is 6.98. The maximum absolute atomic E-state index is 12.5. The van der Waals surface area contributed by atoms with Gasteiger partial charge in [-0.2, -0.15) is 0 Å². The van der Waals surface area contributed by atoms with Gasteiger partial charge in [-0.25, -0.2) is 9.97 Å². The summed E-state index contributed by atoms with van der Waals surface area (Å²) in [5.41, 5.74) is 1.97. The first-order valence-corrected chi connectivity index (χ1v) is 8.47. The van der Waals surface area contributed by atoms with Crippen LogP contribution >= 0.6 is 0 Å². The van der Waals surface area contributed by atoms with E-state index in [1.54, 1.807) is 19.3 Å². The van der Waals surface area contributed by atoms with Gasteiger partial charge in [-0.05, 0) is 32.6 Å². The fourth-order valence-corrected chi connectivity index (χ4v) is 3.15. The molecule has 1 fully saturated rings. The predicted molar refractivity (Wildman–Crippen MR) is 90.6 cm³/mol. The molecule has 2 heterocycles. The SMILES string of the molecule is CCC(=O)NC1CCC(NC(=O)c2c[nH]c3cnc(C)nc23)CC1. The lowest BCUT2D eigenvalue weighted by Crippen LogP contribution is -2.43. The summed E-state index contributed by atoms with van der Waals surface area (Å²) < 4.78 is 0. The molecule has 2 aromatic rings. The number of H-pyrrole nitrogens is 1. The average Bonchev–Trinajstić information content (AvgIpc) is 2.99. The molecule has 1 saturated carbocycles. The Kier molecular flexibility index (Phi) is 4.78. The summed E-state index contributed by atoms with van der Waals surface area (Å²) in [5.74, 6) is 0.625. The molecule has 0 atom stereocenters. The van der Waals surface area contributed by atoms with Gasteiger partial charge in [0, 0.05) is 24.7 Å². The summed E-state index contributed by atoms with van der Waals surface area (Å²) in [6, 6.07) is 0.370. The van der Waals surface area contributed by atoms with Crippen molar-refractivity contribution in [3.63, 3.8) is 0 Å². The van der Waals surface area contributed by atoms with Crippen LogP contribution in [-0.4, -0.2) is 38.8 Å². The van der Waals surface area contributed by atoms with Crippen LogP contribution in [0, 0.1) is 6.92 Å². The van der Waals surface area contributed by atoms with Crippen molar-refractivity contribution < 1.29 is 9.59 Å². The van der Waals surface area contributed by atoms with Crippen molar-refractivity contribution >= 4 is 22.8 Å². The zero-order valence-electron chi connectivity index (χ0n) is 14.1. The number of hydrogen-bond donors (Lipinski definition) is 3. The van der Waals surface area contributed by atoms with E-state index >= 15 is 0 Å². The van der Waals surface area contributed by atoms with E-state index in [-0.39, 0.29) is 23.9 Å². The van der Waals surface area contributed by atoms with Gasteiger partial charge in [0.05, 0.1) is 17.3 Å². The quantitative estimate of drug-likeness (QED) is 0.797. The Morgan fingerprint density at radius 1 is 1.21 bits per heavy atom. The third kappa shape index (κ3) is 3.55. The fraction of sp³-hybridized carbons (Fsp3) is 0.529. The lowest BCUT2D eigenvalue weighted by Gasteiger charge is -2.29. The van der Waals surface area contributed by atoms with Crippen molar-refractivity contribution in [2.24, 2.45) is 0 Å². The summed E-state index contributed by atoms with van der Waals surface area (Å²) in [5, 5.41) is 6.12. The molecule has 0 spiro atoms. The number of rotatable bonds is 4. The third-order valence-electron chi connectivity index (χ3n) is 4.53. The molecule has 0 bridgehead atoms. The smallest absolute Gasteiger partial charge is 0.255 e. The second-order valence-electron chi connectivity index (χ2n) is 6.32. The standard InChI is InChI=1S/C17H23N5O2/c1-3-15(23)21-11-4-6-12(7-5-11)22-17(24)13-8-19-14-9-18-10(2)20-16(13)14/h8-9,11-12,19H,3-7H2,1-2H3,(H,21,23)(H,22,24). The first kappa shape index (κ1) is 16.4. The number of aryl methyl sites for hydroxylation is 1. The van der Waals surface area contributed by atoms with Crippen LogP contribution in [0.2, 0.25) is 0 Å². The van der Waals surface area contributed by atoms with E-state index in [0.717, 1.165) is 31.2 Å². The van der Waals surface area contributed by atoms with E-state index in [9.17, 15) is 9.59 Å².